The van der Waals surface area contributed by atoms with Gasteiger partial charge in [0, 0.05) is 0 Å². The van der Waals surface area contributed by atoms with Crippen LogP contribution in [0.25, 0.3) is 22.9 Å². The first kappa shape index (κ1) is 13.5. The van der Waals surface area contributed by atoms with Crippen molar-refractivity contribution in [2.45, 2.75) is 39.0 Å². The van der Waals surface area contributed by atoms with E-state index in [1.54, 1.807) is 0 Å². The minimum absolute atomic E-state index is 0.112. The van der Waals surface area contributed by atoms with E-state index in [2.05, 4.69) is 51.1 Å². The zero-order chi connectivity index (χ0) is 14.5. The predicted molar refractivity (Wildman–Crippen MR) is 90.8 cm³/mol. The van der Waals surface area contributed by atoms with E-state index in [0.29, 0.717) is 0 Å². The Morgan fingerprint density at radius 2 is 1.40 bits per heavy atom. The molecule has 0 heterocycles. The Kier molecular flexibility index (Phi) is 3.08. The molecule has 1 aliphatic rings. The van der Waals surface area contributed by atoms with Crippen molar-refractivity contribution in [3.05, 3.63) is 34.2 Å². The van der Waals surface area contributed by atoms with Crippen molar-refractivity contribution >= 4 is 49.5 Å². The molecule has 0 amide bonds. The molecule has 0 nitrogen and oxygen atoms in total. The zero-order valence-corrected chi connectivity index (χ0v) is 12.5. The highest BCUT2D eigenvalue weighted by atomic mass is 14.2. The fraction of sp³-hybridized carbons (Fsp3) is 0.333. The minimum Gasteiger partial charge on any atom is -0.0817 e. The van der Waals surface area contributed by atoms with Crippen molar-refractivity contribution in [1.29, 1.82) is 0 Å². The summed E-state index contributed by atoms with van der Waals surface area (Å²) < 4.78 is 0. The van der Waals surface area contributed by atoms with Crippen molar-refractivity contribution in [2.24, 2.45) is 0 Å². The van der Waals surface area contributed by atoms with Crippen molar-refractivity contribution in [1.82, 2.24) is 0 Å². The van der Waals surface area contributed by atoms with Crippen LogP contribution in [0.2, 0.25) is 0 Å². The smallest absolute Gasteiger partial charge is 0.0817 e. The molecule has 96 valence electrons. The van der Waals surface area contributed by atoms with E-state index >= 15 is 0 Å². The lowest BCUT2D eigenvalue weighted by Gasteiger charge is -2.21. The molecule has 2 aromatic carbocycles. The Morgan fingerprint density at radius 1 is 0.850 bits per heavy atom. The van der Waals surface area contributed by atoms with E-state index in [-0.39, 0.29) is 5.41 Å². The minimum atomic E-state index is 0.112. The Balaban J connectivity index is 2.47. The van der Waals surface area contributed by atoms with Gasteiger partial charge in [0.15, 0.2) is 0 Å². The number of rotatable bonds is 0. The van der Waals surface area contributed by atoms with E-state index < -0.39 is 0 Å². The summed E-state index contributed by atoms with van der Waals surface area (Å²) in [5, 5.41) is 4.39. The quantitative estimate of drug-likeness (QED) is 0.619. The summed E-state index contributed by atoms with van der Waals surface area (Å²) in [7, 11) is 12.8. The standard InChI is InChI=1S/C18H18B2/c1-18(2,3)11-8-9-14-15(10-11)17(20)13-7-5-4-6-12(13)16(14)19/h6-10H,4-5H2,1-3H3. The van der Waals surface area contributed by atoms with Gasteiger partial charge in [-0.15, -0.1) is 0 Å². The SMILES string of the molecule is [B]c1c2c(c([B])c3cc(C(C)(C)C)ccc13)=CCCC=2. The third-order valence-electron chi connectivity index (χ3n) is 4.20. The first-order chi connectivity index (χ1) is 9.39. The second-order valence-corrected chi connectivity index (χ2v) is 6.65. The highest BCUT2D eigenvalue weighted by molar-refractivity contribution is 6.45. The van der Waals surface area contributed by atoms with Crippen molar-refractivity contribution < 1.29 is 0 Å². The summed E-state index contributed by atoms with van der Waals surface area (Å²) in [6.45, 7) is 6.64. The van der Waals surface area contributed by atoms with Crippen molar-refractivity contribution in [2.75, 3.05) is 0 Å². The summed E-state index contributed by atoms with van der Waals surface area (Å²) >= 11 is 0. The van der Waals surface area contributed by atoms with Gasteiger partial charge in [-0.1, -0.05) is 62.0 Å². The Hall–Kier alpha value is -1.43. The lowest BCUT2D eigenvalue weighted by atomic mass is 9.76. The number of fused-ring (bicyclic) bond motifs is 2. The largest absolute Gasteiger partial charge is 0.115 e. The molecule has 1 aliphatic carbocycles. The molecule has 0 spiro atoms. The maximum atomic E-state index is 6.41. The van der Waals surface area contributed by atoms with E-state index in [4.69, 9.17) is 15.7 Å². The molecule has 0 atom stereocenters. The van der Waals surface area contributed by atoms with Crippen LogP contribution < -0.4 is 21.4 Å². The molecule has 0 bridgehead atoms. The number of hydrogen-bond donors (Lipinski definition) is 0. The molecule has 2 heteroatoms. The predicted octanol–water partition coefficient (Wildman–Crippen LogP) is 1.08. The summed E-state index contributed by atoms with van der Waals surface area (Å²) in [5.74, 6) is 0. The Labute approximate surface area is 123 Å². The van der Waals surface area contributed by atoms with Crippen LogP contribution in [0.3, 0.4) is 0 Å². The van der Waals surface area contributed by atoms with Gasteiger partial charge in [-0.2, -0.15) is 0 Å². The molecule has 3 rings (SSSR count). The van der Waals surface area contributed by atoms with Gasteiger partial charge in [0.2, 0.25) is 0 Å². The fourth-order valence-electron chi connectivity index (χ4n) is 2.94. The second-order valence-electron chi connectivity index (χ2n) is 6.65. The molecule has 0 saturated heterocycles. The van der Waals surface area contributed by atoms with Crippen LogP contribution in [0, 0.1) is 0 Å². The van der Waals surface area contributed by atoms with Gasteiger partial charge in [-0.3, -0.25) is 0 Å². The number of hydrogen-bond acceptors (Lipinski definition) is 0. The third-order valence-corrected chi connectivity index (χ3v) is 4.20. The fourth-order valence-corrected chi connectivity index (χ4v) is 2.94. The molecular formula is C18H18B2. The van der Waals surface area contributed by atoms with Crippen LogP contribution in [0.4, 0.5) is 0 Å². The van der Waals surface area contributed by atoms with Gasteiger partial charge in [0.25, 0.3) is 0 Å². The Bertz CT molecular complexity index is 808. The first-order valence-corrected chi connectivity index (χ1v) is 7.21. The lowest BCUT2D eigenvalue weighted by molar-refractivity contribution is 0.591. The van der Waals surface area contributed by atoms with Gasteiger partial charge in [0.05, 0.1) is 0 Å². The van der Waals surface area contributed by atoms with Crippen LogP contribution in [0.5, 0.6) is 0 Å². The maximum Gasteiger partial charge on any atom is 0.115 e. The van der Waals surface area contributed by atoms with Crippen molar-refractivity contribution in [3.63, 3.8) is 0 Å². The van der Waals surface area contributed by atoms with Crippen LogP contribution in [-0.4, -0.2) is 15.7 Å². The highest BCUT2D eigenvalue weighted by Crippen LogP contribution is 2.24. The molecule has 0 N–H and O–H groups in total. The summed E-state index contributed by atoms with van der Waals surface area (Å²) in [6, 6.07) is 6.48. The van der Waals surface area contributed by atoms with Crippen molar-refractivity contribution in [3.8, 4) is 0 Å². The van der Waals surface area contributed by atoms with Crippen LogP contribution in [0.15, 0.2) is 18.2 Å². The van der Waals surface area contributed by atoms with Crippen LogP contribution >= 0.6 is 0 Å². The highest BCUT2D eigenvalue weighted by Gasteiger charge is 2.15. The summed E-state index contributed by atoms with van der Waals surface area (Å²) in [6.07, 6.45) is 6.51. The monoisotopic (exact) mass is 256 g/mol. The molecule has 20 heavy (non-hydrogen) atoms. The average Bonchev–Trinajstić information content (AvgIpc) is 2.43. The Morgan fingerprint density at radius 3 is 1.95 bits per heavy atom. The van der Waals surface area contributed by atoms with Gasteiger partial charge >= 0.3 is 0 Å². The van der Waals surface area contributed by atoms with E-state index in [0.717, 1.165) is 45.0 Å². The van der Waals surface area contributed by atoms with E-state index in [9.17, 15) is 0 Å². The third kappa shape index (κ3) is 2.02. The molecule has 4 radical (unpaired) electrons. The van der Waals surface area contributed by atoms with Crippen LogP contribution in [0.1, 0.15) is 39.2 Å². The molecule has 0 saturated carbocycles. The van der Waals surface area contributed by atoms with E-state index in [1.165, 1.54) is 5.56 Å². The lowest BCUT2D eigenvalue weighted by Crippen LogP contribution is -2.49. The molecule has 2 aromatic rings. The second kappa shape index (κ2) is 4.55. The first-order valence-electron chi connectivity index (χ1n) is 7.21. The number of benzene rings is 2. The van der Waals surface area contributed by atoms with E-state index in [1.807, 2.05) is 0 Å². The molecule has 0 aliphatic heterocycles. The van der Waals surface area contributed by atoms with Gasteiger partial charge in [-0.05, 0) is 45.0 Å². The molecule has 0 fully saturated rings. The summed E-state index contributed by atoms with van der Waals surface area (Å²) in [4.78, 5) is 0. The molecular weight excluding hydrogens is 238 g/mol. The zero-order valence-electron chi connectivity index (χ0n) is 12.5. The van der Waals surface area contributed by atoms with Crippen LogP contribution in [-0.2, 0) is 5.41 Å². The summed E-state index contributed by atoms with van der Waals surface area (Å²) in [5.41, 5.74) is 3.13. The molecule has 0 unspecified atom stereocenters. The van der Waals surface area contributed by atoms with Gasteiger partial charge < -0.3 is 0 Å². The van der Waals surface area contributed by atoms with Gasteiger partial charge in [0.1, 0.15) is 15.7 Å². The van der Waals surface area contributed by atoms with Gasteiger partial charge in [-0.25, -0.2) is 0 Å². The molecule has 0 aromatic heterocycles. The maximum absolute atomic E-state index is 6.41. The topological polar surface area (TPSA) is 0 Å². The normalized spacial score (nSPS) is 14.6. The average molecular weight is 256 g/mol.